The van der Waals surface area contributed by atoms with E-state index in [9.17, 15) is 4.79 Å². The highest BCUT2D eigenvalue weighted by atomic mass is 127. The summed E-state index contributed by atoms with van der Waals surface area (Å²) in [5.41, 5.74) is 4.37. The number of amides is 1. The Bertz CT molecular complexity index is 976. The van der Waals surface area contributed by atoms with Crippen LogP contribution in [0.25, 0.3) is 0 Å². The van der Waals surface area contributed by atoms with Crippen molar-refractivity contribution in [1.82, 2.24) is 5.43 Å². The second-order valence-corrected chi connectivity index (χ2v) is 8.65. The van der Waals surface area contributed by atoms with Crippen LogP contribution < -0.4 is 14.9 Å². The Morgan fingerprint density at radius 2 is 2.07 bits per heavy atom. The SMILES string of the molecule is COc1cc(/C=N\NC(=O)c2cccs2)cc(I)c1OCc1ccc(Br)cc1. The van der Waals surface area contributed by atoms with Crippen molar-refractivity contribution in [2.45, 2.75) is 6.61 Å². The van der Waals surface area contributed by atoms with Crippen LogP contribution in [0.2, 0.25) is 0 Å². The van der Waals surface area contributed by atoms with Gasteiger partial charge in [-0.05, 0) is 69.4 Å². The molecule has 1 aromatic heterocycles. The van der Waals surface area contributed by atoms with E-state index < -0.39 is 0 Å². The highest BCUT2D eigenvalue weighted by molar-refractivity contribution is 14.1. The lowest BCUT2D eigenvalue weighted by Crippen LogP contribution is -2.16. The van der Waals surface area contributed by atoms with Crippen LogP contribution in [0.5, 0.6) is 11.5 Å². The molecule has 5 nitrogen and oxygen atoms in total. The molecule has 0 atom stereocenters. The number of ether oxygens (including phenoxy) is 2. The average molecular weight is 571 g/mol. The number of carbonyl (C=O) groups excluding carboxylic acids is 1. The van der Waals surface area contributed by atoms with E-state index in [1.165, 1.54) is 11.3 Å². The van der Waals surface area contributed by atoms with Crippen LogP contribution in [0.3, 0.4) is 0 Å². The van der Waals surface area contributed by atoms with Crippen LogP contribution in [0, 0.1) is 3.57 Å². The van der Waals surface area contributed by atoms with Crippen molar-refractivity contribution in [3.05, 3.63) is 78.0 Å². The average Bonchev–Trinajstić information content (AvgIpc) is 3.23. The first kappa shape index (κ1) is 20.8. The zero-order valence-corrected chi connectivity index (χ0v) is 19.4. The van der Waals surface area contributed by atoms with E-state index in [4.69, 9.17) is 9.47 Å². The lowest BCUT2D eigenvalue weighted by atomic mass is 10.2. The van der Waals surface area contributed by atoms with Crippen molar-refractivity contribution >= 4 is 62.0 Å². The zero-order valence-electron chi connectivity index (χ0n) is 14.8. The minimum atomic E-state index is -0.234. The van der Waals surface area contributed by atoms with E-state index in [-0.39, 0.29) is 5.91 Å². The van der Waals surface area contributed by atoms with Gasteiger partial charge in [0.05, 0.1) is 21.8 Å². The van der Waals surface area contributed by atoms with Crippen LogP contribution in [0.1, 0.15) is 20.8 Å². The Balaban J connectivity index is 1.69. The fourth-order valence-electron chi connectivity index (χ4n) is 2.32. The van der Waals surface area contributed by atoms with Gasteiger partial charge in [-0.3, -0.25) is 4.79 Å². The maximum absolute atomic E-state index is 11.9. The number of carbonyl (C=O) groups is 1. The van der Waals surface area contributed by atoms with Gasteiger partial charge in [-0.2, -0.15) is 5.10 Å². The maximum atomic E-state index is 11.9. The molecule has 1 N–H and O–H groups in total. The Kier molecular flexibility index (Phi) is 7.46. The van der Waals surface area contributed by atoms with Crippen molar-refractivity contribution in [2.75, 3.05) is 7.11 Å². The van der Waals surface area contributed by atoms with Crippen LogP contribution in [0.15, 0.2) is 63.5 Å². The minimum Gasteiger partial charge on any atom is -0.493 e. The molecule has 3 aromatic rings. The van der Waals surface area contributed by atoms with Gasteiger partial charge in [0.2, 0.25) is 0 Å². The smallest absolute Gasteiger partial charge is 0.281 e. The van der Waals surface area contributed by atoms with E-state index in [1.54, 1.807) is 19.4 Å². The van der Waals surface area contributed by atoms with Crippen molar-refractivity contribution < 1.29 is 14.3 Å². The van der Waals surface area contributed by atoms with E-state index in [0.717, 1.165) is 19.2 Å². The number of methoxy groups -OCH3 is 1. The molecule has 8 heteroatoms. The summed E-state index contributed by atoms with van der Waals surface area (Å²) in [6.45, 7) is 0.434. The van der Waals surface area contributed by atoms with Gasteiger partial charge in [-0.15, -0.1) is 11.3 Å². The second-order valence-electron chi connectivity index (χ2n) is 5.63. The number of hydrazone groups is 1. The number of benzene rings is 2. The molecule has 0 aliphatic rings. The fraction of sp³-hybridized carbons (Fsp3) is 0.100. The number of thiophene rings is 1. The Labute approximate surface area is 189 Å². The third-order valence-corrected chi connectivity index (χ3v) is 5.87. The number of nitrogens with zero attached hydrogens (tertiary/aromatic N) is 1. The second kappa shape index (κ2) is 10.0. The molecular weight excluding hydrogens is 555 g/mol. The third-order valence-electron chi connectivity index (χ3n) is 3.67. The number of hydrogen-bond acceptors (Lipinski definition) is 5. The molecular formula is C20H16BrIN2O3S. The van der Waals surface area contributed by atoms with Gasteiger partial charge in [0.15, 0.2) is 11.5 Å². The summed E-state index contributed by atoms with van der Waals surface area (Å²) in [6, 6.07) is 15.3. The molecule has 1 amide bonds. The first-order chi connectivity index (χ1) is 13.6. The fourth-order valence-corrected chi connectivity index (χ4v) is 3.98. The highest BCUT2D eigenvalue weighted by Crippen LogP contribution is 2.34. The van der Waals surface area contributed by atoms with Crippen molar-refractivity contribution in [2.24, 2.45) is 5.10 Å². The molecule has 2 aromatic carbocycles. The summed E-state index contributed by atoms with van der Waals surface area (Å²) in [6.07, 6.45) is 1.58. The predicted molar refractivity (Wildman–Crippen MR) is 124 cm³/mol. The molecule has 0 bridgehead atoms. The van der Waals surface area contributed by atoms with E-state index in [1.807, 2.05) is 47.8 Å². The normalized spacial score (nSPS) is 10.8. The summed E-state index contributed by atoms with van der Waals surface area (Å²) in [4.78, 5) is 12.5. The molecule has 3 rings (SSSR count). The molecule has 0 fully saturated rings. The van der Waals surface area contributed by atoms with Crippen molar-refractivity contribution in [3.63, 3.8) is 0 Å². The Hall–Kier alpha value is -1.91. The van der Waals surface area contributed by atoms with E-state index >= 15 is 0 Å². The summed E-state index contributed by atoms with van der Waals surface area (Å²) in [5.74, 6) is 1.04. The predicted octanol–water partition coefficient (Wildman–Crippen LogP) is 5.47. The van der Waals surface area contributed by atoms with E-state index in [0.29, 0.717) is 23.0 Å². The zero-order chi connectivity index (χ0) is 19.9. The highest BCUT2D eigenvalue weighted by Gasteiger charge is 2.12. The number of halogens is 2. The molecule has 0 saturated heterocycles. The van der Waals surface area contributed by atoms with Gasteiger partial charge in [0.25, 0.3) is 5.91 Å². The summed E-state index contributed by atoms with van der Waals surface area (Å²) in [7, 11) is 1.59. The molecule has 0 saturated carbocycles. The Morgan fingerprint density at radius 1 is 1.29 bits per heavy atom. The summed E-state index contributed by atoms with van der Waals surface area (Å²) < 4.78 is 13.4. The monoisotopic (exact) mass is 570 g/mol. The number of rotatable bonds is 7. The number of hydrogen-bond donors (Lipinski definition) is 1. The van der Waals surface area contributed by atoms with Gasteiger partial charge in [0, 0.05) is 4.47 Å². The quantitative estimate of drug-likeness (QED) is 0.233. The van der Waals surface area contributed by atoms with E-state index in [2.05, 4.69) is 49.0 Å². The van der Waals surface area contributed by atoms with Gasteiger partial charge >= 0.3 is 0 Å². The van der Waals surface area contributed by atoms with Gasteiger partial charge in [-0.25, -0.2) is 5.43 Å². The topological polar surface area (TPSA) is 59.9 Å². The molecule has 0 aliphatic carbocycles. The van der Waals surface area contributed by atoms with Crippen molar-refractivity contribution in [1.29, 1.82) is 0 Å². The molecule has 0 radical (unpaired) electrons. The first-order valence-electron chi connectivity index (χ1n) is 8.18. The largest absolute Gasteiger partial charge is 0.493 e. The lowest BCUT2D eigenvalue weighted by Gasteiger charge is -2.13. The molecule has 0 unspecified atom stereocenters. The molecule has 0 spiro atoms. The lowest BCUT2D eigenvalue weighted by molar-refractivity contribution is 0.0959. The van der Waals surface area contributed by atoms with Crippen LogP contribution in [-0.4, -0.2) is 19.2 Å². The van der Waals surface area contributed by atoms with Crippen molar-refractivity contribution in [3.8, 4) is 11.5 Å². The molecule has 0 aliphatic heterocycles. The standard InChI is InChI=1S/C20H16BrIN2O3S/c1-26-17-10-14(11-23-24-20(25)18-3-2-8-28-18)9-16(22)19(17)27-12-13-4-6-15(21)7-5-13/h2-11H,12H2,1H3,(H,24,25)/b23-11-. The van der Waals surface area contributed by atoms with Crippen LogP contribution in [-0.2, 0) is 6.61 Å². The van der Waals surface area contributed by atoms with Crippen LogP contribution in [0.4, 0.5) is 0 Å². The van der Waals surface area contributed by atoms with Gasteiger partial charge in [0.1, 0.15) is 6.61 Å². The Morgan fingerprint density at radius 3 is 2.75 bits per heavy atom. The molecule has 144 valence electrons. The maximum Gasteiger partial charge on any atom is 0.281 e. The summed E-state index contributed by atoms with van der Waals surface area (Å²) in [5, 5.41) is 5.87. The van der Waals surface area contributed by atoms with Gasteiger partial charge < -0.3 is 9.47 Å². The minimum absolute atomic E-state index is 0.234. The number of nitrogens with one attached hydrogen (secondary N) is 1. The van der Waals surface area contributed by atoms with Crippen LogP contribution >= 0.6 is 49.9 Å². The molecule has 1 heterocycles. The first-order valence-corrected chi connectivity index (χ1v) is 10.9. The summed E-state index contributed by atoms with van der Waals surface area (Å²) >= 11 is 6.99. The third kappa shape index (κ3) is 5.55. The van der Waals surface area contributed by atoms with Gasteiger partial charge in [-0.1, -0.05) is 34.1 Å². The molecule has 28 heavy (non-hydrogen) atoms.